The summed E-state index contributed by atoms with van der Waals surface area (Å²) in [5.74, 6) is -2.52. The minimum Gasteiger partial charge on any atom is -0.406 e. The maximum absolute atomic E-state index is 11.3. The molecule has 1 aromatic carbocycles. The number of ketones is 1. The fraction of sp³-hybridized carbons (Fsp3) is 0.182. The fourth-order valence-corrected chi connectivity index (χ4v) is 1.52. The molecule has 2 rings (SSSR count). The molecule has 0 radical (unpaired) electrons. The van der Waals surface area contributed by atoms with E-state index in [4.69, 9.17) is 5.41 Å². The van der Waals surface area contributed by atoms with Crippen molar-refractivity contribution in [2.45, 2.75) is 6.42 Å². The fourth-order valence-electron chi connectivity index (χ4n) is 1.52. The average Bonchev–Trinajstić information content (AvgIpc) is 2.47. The molecule has 0 aliphatic carbocycles. The second kappa shape index (κ2) is 3.65. The minimum absolute atomic E-state index is 0.242. The number of esters is 1. The largest absolute Gasteiger partial charge is 0.406 e. The Kier molecular flexibility index (Phi) is 2.33. The first-order chi connectivity index (χ1) is 7.18. The molecule has 1 saturated heterocycles. The zero-order chi connectivity index (χ0) is 10.8. The predicted octanol–water partition coefficient (Wildman–Crippen LogP) is 0.948. The van der Waals surface area contributed by atoms with Crippen LogP contribution in [0.4, 0.5) is 0 Å². The maximum Gasteiger partial charge on any atom is 0.381 e. The summed E-state index contributed by atoms with van der Waals surface area (Å²) >= 11 is 0. The van der Waals surface area contributed by atoms with Gasteiger partial charge >= 0.3 is 5.97 Å². The van der Waals surface area contributed by atoms with Crippen LogP contribution < -0.4 is 0 Å². The first kappa shape index (κ1) is 9.58. The normalized spacial score (nSPS) is 20.5. The highest BCUT2D eigenvalue weighted by molar-refractivity contribution is 6.44. The number of carbonyl (C=O) groups excluding carboxylic acids is 2. The quantitative estimate of drug-likeness (QED) is 0.574. The third-order valence-electron chi connectivity index (χ3n) is 2.32. The molecule has 1 N–H and O–H groups in total. The van der Waals surface area contributed by atoms with E-state index in [1.54, 1.807) is 0 Å². The average molecular weight is 203 g/mol. The Morgan fingerprint density at radius 2 is 1.87 bits per heavy atom. The van der Waals surface area contributed by atoms with E-state index in [0.29, 0.717) is 6.42 Å². The lowest BCUT2D eigenvalue weighted by atomic mass is 9.97. The predicted molar refractivity (Wildman–Crippen MR) is 52.5 cm³/mol. The van der Waals surface area contributed by atoms with Gasteiger partial charge in [0.15, 0.2) is 0 Å². The topological polar surface area (TPSA) is 67.2 Å². The first-order valence-corrected chi connectivity index (χ1v) is 4.57. The lowest BCUT2D eigenvalue weighted by Crippen LogP contribution is -2.19. The van der Waals surface area contributed by atoms with Gasteiger partial charge < -0.3 is 4.74 Å². The van der Waals surface area contributed by atoms with Crippen molar-refractivity contribution in [1.82, 2.24) is 0 Å². The molecule has 0 amide bonds. The molecule has 0 spiro atoms. The van der Waals surface area contributed by atoms with Crippen molar-refractivity contribution < 1.29 is 14.3 Å². The van der Waals surface area contributed by atoms with Gasteiger partial charge in [-0.1, -0.05) is 30.3 Å². The van der Waals surface area contributed by atoms with Gasteiger partial charge in [-0.3, -0.25) is 10.2 Å². The van der Waals surface area contributed by atoms with Crippen LogP contribution in [0.5, 0.6) is 0 Å². The smallest absolute Gasteiger partial charge is 0.381 e. The standard InChI is InChI=1S/C11H9NO3/c12-10-8(9(13)11(14)15-10)6-7-4-2-1-3-5-7/h1-5,8,12H,6H2. The zero-order valence-electron chi connectivity index (χ0n) is 7.90. The summed E-state index contributed by atoms with van der Waals surface area (Å²) in [6, 6.07) is 9.27. The molecule has 1 atom stereocenters. The number of hydrogen-bond acceptors (Lipinski definition) is 4. The molecule has 0 bridgehead atoms. The Hall–Kier alpha value is -1.97. The van der Waals surface area contributed by atoms with Crippen molar-refractivity contribution in [3.8, 4) is 0 Å². The Morgan fingerprint density at radius 3 is 2.40 bits per heavy atom. The van der Waals surface area contributed by atoms with E-state index < -0.39 is 17.7 Å². The number of Topliss-reactive ketones (excluding diaryl/α,β-unsaturated/α-hetero) is 1. The summed E-state index contributed by atoms with van der Waals surface area (Å²) in [6.07, 6.45) is 0.351. The van der Waals surface area contributed by atoms with E-state index in [0.717, 1.165) is 5.56 Å². The molecule has 15 heavy (non-hydrogen) atoms. The summed E-state index contributed by atoms with van der Waals surface area (Å²) in [6.45, 7) is 0. The van der Waals surface area contributed by atoms with E-state index in [9.17, 15) is 9.59 Å². The number of rotatable bonds is 2. The molecule has 0 saturated carbocycles. The van der Waals surface area contributed by atoms with Gasteiger partial charge in [0, 0.05) is 0 Å². The molecule has 1 aliphatic rings. The van der Waals surface area contributed by atoms with Crippen LogP contribution in [0.2, 0.25) is 0 Å². The Morgan fingerprint density at radius 1 is 1.20 bits per heavy atom. The monoisotopic (exact) mass is 203 g/mol. The van der Waals surface area contributed by atoms with Gasteiger partial charge in [-0.2, -0.15) is 0 Å². The highest BCUT2D eigenvalue weighted by Gasteiger charge is 2.39. The van der Waals surface area contributed by atoms with Crippen LogP contribution in [-0.2, 0) is 20.7 Å². The van der Waals surface area contributed by atoms with Crippen molar-refractivity contribution in [3.05, 3.63) is 35.9 Å². The van der Waals surface area contributed by atoms with E-state index in [1.165, 1.54) is 0 Å². The van der Waals surface area contributed by atoms with Crippen molar-refractivity contribution in [3.63, 3.8) is 0 Å². The summed E-state index contributed by atoms with van der Waals surface area (Å²) < 4.78 is 4.45. The first-order valence-electron chi connectivity index (χ1n) is 4.57. The third-order valence-corrected chi connectivity index (χ3v) is 2.32. The molecule has 1 unspecified atom stereocenters. The number of ether oxygens (including phenoxy) is 1. The van der Waals surface area contributed by atoms with Crippen molar-refractivity contribution in [2.24, 2.45) is 5.92 Å². The summed E-state index contributed by atoms with van der Waals surface area (Å²) in [5, 5.41) is 7.35. The highest BCUT2D eigenvalue weighted by Crippen LogP contribution is 2.17. The van der Waals surface area contributed by atoms with Gasteiger partial charge in [-0.15, -0.1) is 0 Å². The molecule has 1 aliphatic heterocycles. The van der Waals surface area contributed by atoms with Crippen LogP contribution in [0.1, 0.15) is 5.56 Å². The molecular formula is C11H9NO3. The van der Waals surface area contributed by atoms with E-state index >= 15 is 0 Å². The zero-order valence-corrected chi connectivity index (χ0v) is 7.90. The van der Waals surface area contributed by atoms with Crippen LogP contribution in [0.15, 0.2) is 30.3 Å². The third kappa shape index (κ3) is 1.79. The van der Waals surface area contributed by atoms with Crippen LogP contribution in [-0.4, -0.2) is 17.7 Å². The van der Waals surface area contributed by atoms with Crippen LogP contribution >= 0.6 is 0 Å². The maximum atomic E-state index is 11.3. The van der Waals surface area contributed by atoms with Gasteiger partial charge in [0.2, 0.25) is 5.90 Å². The molecule has 1 aromatic rings. The SMILES string of the molecule is N=C1OC(=O)C(=O)C1Cc1ccccc1. The molecule has 0 aromatic heterocycles. The lowest BCUT2D eigenvalue weighted by Gasteiger charge is -2.04. The molecule has 1 heterocycles. The van der Waals surface area contributed by atoms with Crippen LogP contribution in [0.3, 0.4) is 0 Å². The number of benzene rings is 1. The van der Waals surface area contributed by atoms with Gasteiger partial charge in [0.05, 0.1) is 0 Å². The summed E-state index contributed by atoms with van der Waals surface area (Å²) in [5.41, 5.74) is 0.916. The van der Waals surface area contributed by atoms with Crippen molar-refractivity contribution >= 4 is 17.7 Å². The summed E-state index contributed by atoms with van der Waals surface area (Å²) in [4.78, 5) is 22.2. The van der Waals surface area contributed by atoms with Crippen molar-refractivity contribution in [1.29, 1.82) is 5.41 Å². The van der Waals surface area contributed by atoms with Crippen LogP contribution in [0, 0.1) is 11.3 Å². The Bertz CT molecular complexity index is 425. The number of cyclic esters (lactones) is 1. The molecule has 4 heteroatoms. The number of carbonyl (C=O) groups is 2. The lowest BCUT2D eigenvalue weighted by molar-refractivity contribution is -0.145. The van der Waals surface area contributed by atoms with Gasteiger partial charge in [0.25, 0.3) is 5.78 Å². The van der Waals surface area contributed by atoms with E-state index in [1.807, 2.05) is 30.3 Å². The minimum atomic E-state index is -0.916. The van der Waals surface area contributed by atoms with Crippen molar-refractivity contribution in [2.75, 3.05) is 0 Å². The number of nitrogens with one attached hydrogen (secondary N) is 1. The van der Waals surface area contributed by atoms with Gasteiger partial charge in [-0.25, -0.2) is 4.79 Å². The van der Waals surface area contributed by atoms with E-state index in [2.05, 4.69) is 4.74 Å². The number of hydrogen-bond donors (Lipinski definition) is 1. The summed E-state index contributed by atoms with van der Waals surface area (Å²) in [7, 11) is 0. The molecule has 1 fully saturated rings. The highest BCUT2D eigenvalue weighted by atomic mass is 16.6. The van der Waals surface area contributed by atoms with Gasteiger partial charge in [-0.05, 0) is 12.0 Å². The second-order valence-electron chi connectivity index (χ2n) is 3.36. The molecule has 76 valence electrons. The molecular weight excluding hydrogens is 194 g/mol. The molecule has 4 nitrogen and oxygen atoms in total. The second-order valence-corrected chi connectivity index (χ2v) is 3.36. The van der Waals surface area contributed by atoms with Crippen LogP contribution in [0.25, 0.3) is 0 Å². The van der Waals surface area contributed by atoms with Gasteiger partial charge in [0.1, 0.15) is 5.92 Å². The Labute approximate surface area is 86.4 Å². The van der Waals surface area contributed by atoms with E-state index in [-0.39, 0.29) is 5.90 Å². The Balaban J connectivity index is 2.16.